The number of aromatic nitrogens is 4. The van der Waals surface area contributed by atoms with Crippen molar-refractivity contribution in [3.63, 3.8) is 0 Å². The highest BCUT2D eigenvalue weighted by Crippen LogP contribution is 2.38. The molecule has 1 saturated heterocycles. The second-order valence-corrected chi connectivity index (χ2v) is 8.00. The molecule has 6 nitrogen and oxygen atoms in total. The van der Waals surface area contributed by atoms with Gasteiger partial charge in [-0.2, -0.15) is 0 Å². The van der Waals surface area contributed by atoms with Gasteiger partial charge in [0.15, 0.2) is 10.9 Å². The van der Waals surface area contributed by atoms with Crippen LogP contribution in [-0.4, -0.2) is 44.8 Å². The molecular formula is C15H19N5OS2. The van der Waals surface area contributed by atoms with E-state index >= 15 is 0 Å². The quantitative estimate of drug-likeness (QED) is 0.638. The van der Waals surface area contributed by atoms with E-state index in [1.165, 1.54) is 55.2 Å². The zero-order chi connectivity index (χ0) is 15.6. The molecule has 0 aromatic carbocycles. The molecule has 0 amide bonds. The van der Waals surface area contributed by atoms with Crippen molar-refractivity contribution in [2.24, 2.45) is 0 Å². The van der Waals surface area contributed by atoms with Crippen molar-refractivity contribution in [2.75, 3.05) is 23.7 Å². The van der Waals surface area contributed by atoms with Crippen molar-refractivity contribution < 1.29 is 4.79 Å². The van der Waals surface area contributed by atoms with Crippen LogP contribution in [0.4, 0.5) is 5.13 Å². The summed E-state index contributed by atoms with van der Waals surface area (Å²) in [6.07, 6.45) is 7.82. The van der Waals surface area contributed by atoms with E-state index in [0.717, 1.165) is 28.9 Å². The second-order valence-electron chi connectivity index (χ2n) is 6.04. The molecule has 23 heavy (non-hydrogen) atoms. The molecule has 0 spiro atoms. The van der Waals surface area contributed by atoms with Crippen LogP contribution in [0.2, 0.25) is 0 Å². The Kier molecular flexibility index (Phi) is 4.35. The maximum absolute atomic E-state index is 12.3. The number of piperidine rings is 1. The van der Waals surface area contributed by atoms with Crippen LogP contribution >= 0.6 is 23.1 Å². The van der Waals surface area contributed by atoms with Crippen LogP contribution in [0.5, 0.6) is 0 Å². The number of carbonyl (C=O) groups is 1. The lowest BCUT2D eigenvalue weighted by atomic mass is 10.1. The van der Waals surface area contributed by atoms with Crippen LogP contribution in [0, 0.1) is 0 Å². The van der Waals surface area contributed by atoms with Gasteiger partial charge in [0.2, 0.25) is 5.16 Å². The summed E-state index contributed by atoms with van der Waals surface area (Å²) in [7, 11) is 0. The van der Waals surface area contributed by atoms with Gasteiger partial charge in [0.05, 0.1) is 16.8 Å². The molecular weight excluding hydrogens is 330 g/mol. The molecule has 2 aromatic rings. The molecule has 0 atom stereocenters. The molecule has 1 aliphatic heterocycles. The van der Waals surface area contributed by atoms with Gasteiger partial charge in [0.25, 0.3) is 0 Å². The second kappa shape index (κ2) is 6.60. The van der Waals surface area contributed by atoms with E-state index in [9.17, 15) is 4.79 Å². The zero-order valence-corrected chi connectivity index (χ0v) is 14.5. The zero-order valence-electron chi connectivity index (χ0n) is 12.8. The van der Waals surface area contributed by atoms with Gasteiger partial charge in [-0.05, 0) is 32.1 Å². The number of ketones is 1. The number of Topliss-reactive ketones (excluding diaryl/α,β-unsaturated/α-hetero) is 1. The van der Waals surface area contributed by atoms with Gasteiger partial charge in [-0.3, -0.25) is 9.89 Å². The standard InChI is InChI=1S/C15H19N5OS2/c21-11(9-22-14-17-13(18-19-14)10-4-5-10)12-8-16-15(23-12)20-6-2-1-3-7-20/h8,10H,1-7,9H2,(H,17,18,19). The largest absolute Gasteiger partial charge is 0.348 e. The van der Waals surface area contributed by atoms with Crippen molar-refractivity contribution in [1.29, 1.82) is 0 Å². The number of nitrogens with zero attached hydrogens (tertiary/aromatic N) is 4. The van der Waals surface area contributed by atoms with Crippen molar-refractivity contribution in [1.82, 2.24) is 20.2 Å². The molecule has 2 fully saturated rings. The number of thiazole rings is 1. The van der Waals surface area contributed by atoms with Crippen LogP contribution < -0.4 is 4.90 Å². The first-order valence-corrected chi connectivity index (χ1v) is 9.89. The fraction of sp³-hybridized carbons (Fsp3) is 0.600. The molecule has 2 aliphatic rings. The average molecular weight is 349 g/mol. The highest BCUT2D eigenvalue weighted by atomic mass is 32.2. The van der Waals surface area contributed by atoms with Crippen LogP contribution in [-0.2, 0) is 0 Å². The maximum atomic E-state index is 12.3. The summed E-state index contributed by atoms with van der Waals surface area (Å²) in [4.78, 5) is 24.2. The molecule has 1 N–H and O–H groups in total. The summed E-state index contributed by atoms with van der Waals surface area (Å²) in [6.45, 7) is 2.11. The third-order valence-electron chi connectivity index (χ3n) is 4.17. The number of hydrogen-bond acceptors (Lipinski definition) is 7. The number of thioether (sulfide) groups is 1. The predicted octanol–water partition coefficient (Wildman–Crippen LogP) is 3.10. The van der Waals surface area contributed by atoms with Crippen LogP contribution in [0.3, 0.4) is 0 Å². The fourth-order valence-electron chi connectivity index (χ4n) is 2.69. The Morgan fingerprint density at radius 3 is 2.96 bits per heavy atom. The number of anilines is 1. The van der Waals surface area contributed by atoms with Crippen molar-refractivity contribution in [3.8, 4) is 0 Å². The van der Waals surface area contributed by atoms with E-state index < -0.39 is 0 Å². The van der Waals surface area contributed by atoms with Gasteiger partial charge in [-0.25, -0.2) is 9.97 Å². The van der Waals surface area contributed by atoms with E-state index in [4.69, 9.17) is 0 Å². The van der Waals surface area contributed by atoms with E-state index in [1.54, 1.807) is 6.20 Å². The first-order valence-electron chi connectivity index (χ1n) is 8.08. The minimum atomic E-state index is 0.105. The van der Waals surface area contributed by atoms with Gasteiger partial charge < -0.3 is 4.90 Å². The lowest BCUT2D eigenvalue weighted by molar-refractivity contribution is 0.102. The van der Waals surface area contributed by atoms with Crippen molar-refractivity contribution in [2.45, 2.75) is 43.2 Å². The monoisotopic (exact) mass is 349 g/mol. The summed E-state index contributed by atoms with van der Waals surface area (Å²) in [5.74, 6) is 1.99. The van der Waals surface area contributed by atoms with Gasteiger partial charge >= 0.3 is 0 Å². The van der Waals surface area contributed by atoms with Crippen LogP contribution in [0.25, 0.3) is 0 Å². The van der Waals surface area contributed by atoms with Gasteiger partial charge in [-0.15, -0.1) is 5.10 Å². The molecule has 3 heterocycles. The molecule has 4 rings (SSSR count). The maximum Gasteiger partial charge on any atom is 0.208 e. The van der Waals surface area contributed by atoms with Crippen LogP contribution in [0.15, 0.2) is 11.4 Å². The Morgan fingerprint density at radius 2 is 2.17 bits per heavy atom. The van der Waals surface area contributed by atoms with Gasteiger partial charge in [-0.1, -0.05) is 23.1 Å². The van der Waals surface area contributed by atoms with Crippen molar-refractivity contribution >= 4 is 34.0 Å². The Hall–Kier alpha value is -1.41. The molecule has 122 valence electrons. The number of carbonyl (C=O) groups excluding carboxylic acids is 1. The molecule has 0 unspecified atom stereocenters. The third kappa shape index (κ3) is 3.58. The number of aromatic amines is 1. The lowest BCUT2D eigenvalue weighted by Gasteiger charge is -2.25. The Bertz CT molecular complexity index is 688. The SMILES string of the molecule is O=C(CSc1n[nH]c(C2CC2)n1)c1cnc(N2CCCCC2)s1. The Balaban J connectivity index is 1.33. The summed E-state index contributed by atoms with van der Waals surface area (Å²) >= 11 is 2.90. The molecule has 8 heteroatoms. The number of nitrogens with one attached hydrogen (secondary N) is 1. The topological polar surface area (TPSA) is 74.8 Å². The number of rotatable bonds is 6. The normalized spacial score (nSPS) is 18.3. The first-order chi connectivity index (χ1) is 11.3. The summed E-state index contributed by atoms with van der Waals surface area (Å²) in [5, 5.41) is 8.79. The summed E-state index contributed by atoms with van der Waals surface area (Å²) in [6, 6.07) is 0. The number of H-pyrrole nitrogens is 1. The highest BCUT2D eigenvalue weighted by molar-refractivity contribution is 7.99. The average Bonchev–Trinajstić information content (AvgIpc) is 3.14. The molecule has 0 radical (unpaired) electrons. The van der Waals surface area contributed by atoms with E-state index in [-0.39, 0.29) is 5.78 Å². The lowest BCUT2D eigenvalue weighted by Crippen LogP contribution is -2.29. The molecule has 1 saturated carbocycles. The predicted molar refractivity (Wildman–Crippen MR) is 91.6 cm³/mol. The Labute approximate surface area is 143 Å². The Morgan fingerprint density at radius 1 is 1.35 bits per heavy atom. The van der Waals surface area contributed by atoms with Crippen molar-refractivity contribution in [3.05, 3.63) is 16.9 Å². The highest BCUT2D eigenvalue weighted by Gasteiger charge is 2.27. The molecule has 1 aliphatic carbocycles. The van der Waals surface area contributed by atoms with E-state index in [2.05, 4.69) is 25.1 Å². The third-order valence-corrected chi connectivity index (χ3v) is 6.12. The molecule has 0 bridgehead atoms. The summed E-state index contributed by atoms with van der Waals surface area (Å²) < 4.78 is 0. The van der Waals surface area contributed by atoms with Gasteiger partial charge in [0, 0.05) is 19.0 Å². The molecule has 2 aromatic heterocycles. The van der Waals surface area contributed by atoms with Gasteiger partial charge in [0.1, 0.15) is 5.82 Å². The first kappa shape index (κ1) is 15.1. The minimum Gasteiger partial charge on any atom is -0.348 e. The van der Waals surface area contributed by atoms with Crippen LogP contribution in [0.1, 0.15) is 53.5 Å². The van der Waals surface area contributed by atoms with E-state index in [1.807, 2.05) is 0 Å². The summed E-state index contributed by atoms with van der Waals surface area (Å²) in [5.41, 5.74) is 0. The van der Waals surface area contributed by atoms with E-state index in [0.29, 0.717) is 16.8 Å². The smallest absolute Gasteiger partial charge is 0.208 e. The number of hydrogen-bond donors (Lipinski definition) is 1. The minimum absolute atomic E-state index is 0.105. The fourth-order valence-corrected chi connectivity index (χ4v) is 4.37.